The minimum Gasteiger partial charge on any atom is -0.370 e. The first-order chi connectivity index (χ1) is 17.3. The topological polar surface area (TPSA) is 154 Å². The van der Waals surface area contributed by atoms with Gasteiger partial charge in [-0.05, 0) is 42.7 Å². The third-order valence-corrected chi connectivity index (χ3v) is 6.32. The number of carbonyl (C=O) groups excluding carboxylic acids is 2. The number of nitro groups is 1. The molecule has 1 aromatic heterocycles. The number of hydrogen-bond donors (Lipinski definition) is 3. The Morgan fingerprint density at radius 1 is 1.03 bits per heavy atom. The molecule has 0 aliphatic rings. The summed E-state index contributed by atoms with van der Waals surface area (Å²) in [7, 11) is 0. The number of benzene rings is 2. The van der Waals surface area contributed by atoms with Crippen molar-refractivity contribution in [2.45, 2.75) is 19.3 Å². The van der Waals surface area contributed by atoms with E-state index in [4.69, 9.17) is 11.5 Å². The summed E-state index contributed by atoms with van der Waals surface area (Å²) in [5.74, 6) is -0.908. The van der Waals surface area contributed by atoms with Gasteiger partial charge in [-0.1, -0.05) is 59.9 Å². The zero-order valence-corrected chi connectivity index (χ0v) is 20.3. The molecule has 0 aliphatic carbocycles. The van der Waals surface area contributed by atoms with Gasteiger partial charge in [-0.3, -0.25) is 24.7 Å². The quantitative estimate of drug-likeness (QED) is 0.0809. The highest BCUT2D eigenvalue weighted by atomic mass is 32.1. The number of nitrogens with zero attached hydrogens (tertiary/aromatic N) is 2. The molecular weight excluding hydrogens is 478 g/mol. The van der Waals surface area contributed by atoms with Crippen LogP contribution in [0.5, 0.6) is 0 Å². The lowest BCUT2D eigenvalue weighted by Gasteiger charge is -2.16. The summed E-state index contributed by atoms with van der Waals surface area (Å²) < 4.78 is 0. The molecule has 5 N–H and O–H groups in total. The van der Waals surface area contributed by atoms with Crippen molar-refractivity contribution >= 4 is 51.8 Å². The lowest BCUT2D eigenvalue weighted by molar-refractivity contribution is -0.380. The molecule has 3 rings (SSSR count). The van der Waals surface area contributed by atoms with Crippen LogP contribution in [0.3, 0.4) is 0 Å². The molecule has 1 heterocycles. The van der Waals surface area contributed by atoms with Crippen molar-refractivity contribution in [2.75, 3.05) is 11.9 Å². The number of carbonyl (C=O) groups is 2. The first-order valence-corrected chi connectivity index (χ1v) is 12.1. The SMILES string of the molecule is NC(N)=NCCC[C@H](CC(=O)c1ccccc1)C(=O)Nc1ccc(/C=C/c2ccc([N+](=O)[O-])s2)cc1. The molecule has 1 atom stereocenters. The van der Waals surface area contributed by atoms with Gasteiger partial charge >= 0.3 is 5.00 Å². The van der Waals surface area contributed by atoms with Crippen molar-refractivity contribution in [3.05, 3.63) is 92.8 Å². The van der Waals surface area contributed by atoms with E-state index in [1.54, 1.807) is 48.5 Å². The number of ketones is 1. The van der Waals surface area contributed by atoms with Crippen molar-refractivity contribution in [1.29, 1.82) is 0 Å². The molecule has 3 aromatic rings. The van der Waals surface area contributed by atoms with Crippen molar-refractivity contribution in [2.24, 2.45) is 22.4 Å². The van der Waals surface area contributed by atoms with Gasteiger partial charge in [0.15, 0.2) is 11.7 Å². The standard InChI is InChI=1S/C26H27N5O4S/c27-26(28)29-16-4-7-20(17-23(32)19-5-2-1-3-6-19)25(33)30-21-11-8-18(9-12-21)10-13-22-14-15-24(36-22)31(34)35/h1-3,5-6,8-15,20H,4,7,16-17H2,(H,30,33)(H4,27,28,29)/b13-10+/t20-/m1/s1. The van der Waals surface area contributed by atoms with Crippen LogP contribution in [0.1, 0.15) is 40.1 Å². The van der Waals surface area contributed by atoms with Crippen LogP contribution in [0.15, 0.2) is 71.7 Å². The number of Topliss-reactive ketones (excluding diaryl/α,β-unsaturated/α-hetero) is 1. The Bertz CT molecular complexity index is 1250. The highest BCUT2D eigenvalue weighted by molar-refractivity contribution is 7.16. The number of aliphatic imine (C=N–C) groups is 1. The largest absolute Gasteiger partial charge is 0.370 e. The number of rotatable bonds is 12. The fraction of sp³-hybridized carbons (Fsp3) is 0.192. The van der Waals surface area contributed by atoms with E-state index in [9.17, 15) is 19.7 Å². The number of thiophene rings is 1. The third-order valence-electron chi connectivity index (χ3n) is 5.31. The second-order valence-electron chi connectivity index (χ2n) is 8.02. The highest BCUT2D eigenvalue weighted by Crippen LogP contribution is 2.26. The van der Waals surface area contributed by atoms with Crippen LogP contribution in [-0.4, -0.2) is 29.1 Å². The molecule has 186 valence electrons. The van der Waals surface area contributed by atoms with Gasteiger partial charge in [0, 0.05) is 41.1 Å². The summed E-state index contributed by atoms with van der Waals surface area (Å²) in [4.78, 5) is 40.9. The molecule has 0 spiro atoms. The second kappa shape index (κ2) is 13.0. The first-order valence-electron chi connectivity index (χ1n) is 11.3. The van der Waals surface area contributed by atoms with Crippen LogP contribution in [0.2, 0.25) is 0 Å². The number of anilines is 1. The molecule has 0 saturated heterocycles. The number of hydrogen-bond acceptors (Lipinski definition) is 6. The van der Waals surface area contributed by atoms with Crippen LogP contribution < -0.4 is 16.8 Å². The summed E-state index contributed by atoms with van der Waals surface area (Å²) in [5.41, 5.74) is 12.8. The highest BCUT2D eigenvalue weighted by Gasteiger charge is 2.22. The number of nitrogens with one attached hydrogen (secondary N) is 1. The smallest absolute Gasteiger partial charge is 0.324 e. The summed E-state index contributed by atoms with van der Waals surface area (Å²) in [6.07, 6.45) is 4.72. The lowest BCUT2D eigenvalue weighted by atomic mass is 9.93. The molecule has 0 fully saturated rings. The molecule has 9 nitrogen and oxygen atoms in total. The van der Waals surface area contributed by atoms with E-state index in [1.165, 1.54) is 6.07 Å². The number of nitrogens with two attached hydrogens (primary N) is 2. The van der Waals surface area contributed by atoms with Crippen LogP contribution in [0.25, 0.3) is 12.2 Å². The normalized spacial score (nSPS) is 11.7. The molecular formula is C26H27N5O4S. The van der Waals surface area contributed by atoms with Gasteiger partial charge in [-0.25, -0.2) is 0 Å². The molecule has 0 unspecified atom stereocenters. The summed E-state index contributed by atoms with van der Waals surface area (Å²) in [6, 6.07) is 19.2. The number of guanidine groups is 1. The third kappa shape index (κ3) is 8.17. The Morgan fingerprint density at radius 3 is 2.39 bits per heavy atom. The lowest BCUT2D eigenvalue weighted by Crippen LogP contribution is -2.26. The van der Waals surface area contributed by atoms with E-state index in [0.29, 0.717) is 30.6 Å². The Balaban J connectivity index is 1.63. The second-order valence-corrected chi connectivity index (χ2v) is 9.11. The van der Waals surface area contributed by atoms with E-state index >= 15 is 0 Å². The Hall–Kier alpha value is -4.31. The summed E-state index contributed by atoms with van der Waals surface area (Å²) >= 11 is 1.10. The average Bonchev–Trinajstić information content (AvgIpc) is 3.35. The molecule has 2 aromatic carbocycles. The Kier molecular flexibility index (Phi) is 9.47. The van der Waals surface area contributed by atoms with E-state index in [1.807, 2.05) is 24.3 Å². The summed E-state index contributed by atoms with van der Waals surface area (Å²) in [5, 5.41) is 13.8. The van der Waals surface area contributed by atoms with Gasteiger partial charge in [0.25, 0.3) is 0 Å². The van der Waals surface area contributed by atoms with Crippen molar-refractivity contribution in [3.63, 3.8) is 0 Å². The first kappa shape index (κ1) is 26.3. The van der Waals surface area contributed by atoms with Crippen LogP contribution >= 0.6 is 11.3 Å². The van der Waals surface area contributed by atoms with E-state index in [0.717, 1.165) is 21.8 Å². The van der Waals surface area contributed by atoms with Crippen LogP contribution in [0, 0.1) is 16.0 Å². The minimum atomic E-state index is -0.541. The van der Waals surface area contributed by atoms with Crippen molar-refractivity contribution < 1.29 is 14.5 Å². The van der Waals surface area contributed by atoms with E-state index in [-0.39, 0.29) is 29.1 Å². The van der Waals surface area contributed by atoms with Gasteiger partial charge in [-0.15, -0.1) is 0 Å². The predicted molar refractivity (Wildman–Crippen MR) is 144 cm³/mol. The van der Waals surface area contributed by atoms with Crippen molar-refractivity contribution in [3.8, 4) is 0 Å². The average molecular weight is 506 g/mol. The van der Waals surface area contributed by atoms with Gasteiger partial charge in [-0.2, -0.15) is 0 Å². The van der Waals surface area contributed by atoms with Crippen molar-refractivity contribution in [1.82, 2.24) is 0 Å². The molecule has 10 heteroatoms. The van der Waals surface area contributed by atoms with Gasteiger partial charge in [0.05, 0.1) is 4.92 Å². The fourth-order valence-corrected chi connectivity index (χ4v) is 4.19. The molecule has 0 radical (unpaired) electrons. The monoisotopic (exact) mass is 505 g/mol. The Labute approximate surface area is 212 Å². The van der Waals surface area contributed by atoms with Crippen LogP contribution in [0.4, 0.5) is 10.7 Å². The van der Waals surface area contributed by atoms with E-state index < -0.39 is 10.8 Å². The van der Waals surface area contributed by atoms with Gasteiger partial charge in [0.1, 0.15) is 0 Å². The molecule has 0 saturated carbocycles. The molecule has 1 amide bonds. The molecule has 0 aliphatic heterocycles. The minimum absolute atomic E-state index is 0.0113. The van der Waals surface area contributed by atoms with Gasteiger partial charge < -0.3 is 16.8 Å². The predicted octanol–water partition coefficient (Wildman–Crippen LogP) is 4.71. The molecule has 0 bridgehead atoms. The fourth-order valence-electron chi connectivity index (χ4n) is 3.47. The molecule has 36 heavy (non-hydrogen) atoms. The van der Waals surface area contributed by atoms with Gasteiger partial charge in [0.2, 0.25) is 5.91 Å². The number of amides is 1. The maximum Gasteiger partial charge on any atom is 0.324 e. The Morgan fingerprint density at radius 2 is 1.75 bits per heavy atom. The summed E-state index contributed by atoms with van der Waals surface area (Å²) in [6.45, 7) is 0.375. The maximum atomic E-state index is 13.0. The zero-order chi connectivity index (χ0) is 25.9. The maximum absolute atomic E-state index is 13.0. The van der Waals surface area contributed by atoms with Crippen LogP contribution in [-0.2, 0) is 4.79 Å². The zero-order valence-electron chi connectivity index (χ0n) is 19.5. The van der Waals surface area contributed by atoms with E-state index in [2.05, 4.69) is 10.3 Å².